The fourth-order valence-corrected chi connectivity index (χ4v) is 2.31. The highest BCUT2D eigenvalue weighted by molar-refractivity contribution is 5.24. The Balaban J connectivity index is 2.62. The summed E-state index contributed by atoms with van der Waals surface area (Å²) in [6.45, 7) is 6.08. The monoisotopic (exact) mass is 264 g/mol. The third kappa shape index (κ3) is 5.33. The molecule has 0 saturated carbocycles. The van der Waals surface area contributed by atoms with E-state index in [-0.39, 0.29) is 6.10 Å². The van der Waals surface area contributed by atoms with Gasteiger partial charge in [0.05, 0.1) is 11.7 Å². The van der Waals surface area contributed by atoms with Crippen molar-refractivity contribution in [3.63, 3.8) is 0 Å². The lowest BCUT2D eigenvalue weighted by Gasteiger charge is -2.25. The van der Waals surface area contributed by atoms with Crippen LogP contribution in [0.1, 0.15) is 57.6 Å². The van der Waals surface area contributed by atoms with Crippen LogP contribution in [0.5, 0.6) is 0 Å². The molecular weight excluding hydrogens is 236 g/mol. The first-order valence-corrected chi connectivity index (χ1v) is 7.51. The highest BCUT2D eigenvalue weighted by Gasteiger charge is 2.21. The van der Waals surface area contributed by atoms with Crippen molar-refractivity contribution in [1.82, 2.24) is 0 Å². The van der Waals surface area contributed by atoms with Crippen LogP contribution in [0.3, 0.4) is 0 Å². The molecule has 0 heterocycles. The molecule has 0 aliphatic carbocycles. The number of aryl methyl sites for hydroxylation is 1. The van der Waals surface area contributed by atoms with E-state index in [2.05, 4.69) is 18.2 Å². The largest absolute Gasteiger partial charge is 0.393 e. The summed E-state index contributed by atoms with van der Waals surface area (Å²) in [5.41, 5.74) is 1.91. The van der Waals surface area contributed by atoms with Gasteiger partial charge in [0.15, 0.2) is 0 Å². The molecule has 0 aliphatic heterocycles. The van der Waals surface area contributed by atoms with Crippen LogP contribution in [-0.4, -0.2) is 21.9 Å². The molecule has 0 aliphatic rings. The van der Waals surface area contributed by atoms with Crippen molar-refractivity contribution >= 4 is 0 Å². The molecule has 19 heavy (non-hydrogen) atoms. The van der Waals surface area contributed by atoms with E-state index in [1.807, 2.05) is 26.8 Å². The number of benzene rings is 1. The molecule has 2 heteroatoms. The minimum absolute atomic E-state index is 0.251. The van der Waals surface area contributed by atoms with Gasteiger partial charge in [-0.2, -0.15) is 0 Å². The lowest BCUT2D eigenvalue weighted by Crippen LogP contribution is -2.27. The van der Waals surface area contributed by atoms with Gasteiger partial charge in [0, 0.05) is 0 Å². The molecule has 0 spiro atoms. The van der Waals surface area contributed by atoms with Crippen molar-refractivity contribution in [2.45, 2.75) is 71.0 Å². The Hall–Kier alpha value is -0.860. The van der Waals surface area contributed by atoms with Crippen molar-refractivity contribution in [3.05, 3.63) is 35.4 Å². The van der Waals surface area contributed by atoms with Crippen molar-refractivity contribution < 1.29 is 10.2 Å². The maximum atomic E-state index is 10.3. The molecule has 0 aromatic heterocycles. The highest BCUT2D eigenvalue weighted by atomic mass is 16.3. The summed E-state index contributed by atoms with van der Waals surface area (Å²) in [6.07, 6.45) is 4.56. The molecule has 2 N–H and O–H groups in total. The Morgan fingerprint density at radius 2 is 1.74 bits per heavy atom. The molecule has 0 amide bonds. The maximum Gasteiger partial charge on any atom is 0.0645 e. The second-order valence-corrected chi connectivity index (χ2v) is 5.52. The summed E-state index contributed by atoms with van der Waals surface area (Å²) < 4.78 is 0. The van der Waals surface area contributed by atoms with E-state index in [0.717, 1.165) is 38.5 Å². The summed E-state index contributed by atoms with van der Waals surface area (Å²) >= 11 is 0. The summed E-state index contributed by atoms with van der Waals surface area (Å²) in [4.78, 5) is 0. The molecule has 1 atom stereocenters. The van der Waals surface area contributed by atoms with Crippen molar-refractivity contribution in [3.8, 4) is 0 Å². The zero-order valence-corrected chi connectivity index (χ0v) is 12.5. The third-order valence-electron chi connectivity index (χ3n) is 4.13. The molecule has 1 unspecified atom stereocenters. The number of hydrogen-bond donors (Lipinski definition) is 2. The van der Waals surface area contributed by atoms with Crippen molar-refractivity contribution in [2.75, 3.05) is 0 Å². The second-order valence-electron chi connectivity index (χ2n) is 5.52. The second kappa shape index (κ2) is 7.66. The Kier molecular flexibility index (Phi) is 6.53. The number of aliphatic hydroxyl groups excluding tert-OH is 1. The molecule has 108 valence electrons. The average molecular weight is 264 g/mol. The van der Waals surface area contributed by atoms with Gasteiger partial charge in [-0.1, -0.05) is 45.0 Å². The highest BCUT2D eigenvalue weighted by Crippen LogP contribution is 2.22. The van der Waals surface area contributed by atoms with Crippen molar-refractivity contribution in [2.24, 2.45) is 0 Å². The molecule has 0 bridgehead atoms. The SMILES string of the molecule is CCC(O)Cc1cccc(CCC(O)(CC)CC)c1. The van der Waals surface area contributed by atoms with Crippen LogP contribution in [0.25, 0.3) is 0 Å². The summed E-state index contributed by atoms with van der Waals surface area (Å²) in [5, 5.41) is 20.0. The van der Waals surface area contributed by atoms with Gasteiger partial charge in [-0.05, 0) is 49.7 Å². The molecule has 0 radical (unpaired) electrons. The van der Waals surface area contributed by atoms with Gasteiger partial charge >= 0.3 is 0 Å². The smallest absolute Gasteiger partial charge is 0.0645 e. The minimum Gasteiger partial charge on any atom is -0.393 e. The van der Waals surface area contributed by atoms with E-state index in [1.54, 1.807) is 0 Å². The summed E-state index contributed by atoms with van der Waals surface area (Å²) in [6, 6.07) is 8.37. The van der Waals surface area contributed by atoms with Crippen LogP contribution in [0.15, 0.2) is 24.3 Å². The zero-order valence-electron chi connectivity index (χ0n) is 12.5. The van der Waals surface area contributed by atoms with Gasteiger partial charge in [-0.3, -0.25) is 0 Å². The van der Waals surface area contributed by atoms with Crippen LogP contribution < -0.4 is 0 Å². The topological polar surface area (TPSA) is 40.5 Å². The normalized spacial score (nSPS) is 13.5. The number of hydrogen-bond acceptors (Lipinski definition) is 2. The predicted octanol–water partition coefficient (Wildman–Crippen LogP) is 3.48. The first-order valence-electron chi connectivity index (χ1n) is 7.51. The lowest BCUT2D eigenvalue weighted by molar-refractivity contribution is 0.0239. The van der Waals surface area contributed by atoms with Crippen molar-refractivity contribution in [1.29, 1.82) is 0 Å². The van der Waals surface area contributed by atoms with Gasteiger partial charge in [-0.25, -0.2) is 0 Å². The predicted molar refractivity (Wildman–Crippen MR) is 80.3 cm³/mol. The number of aliphatic hydroxyl groups is 2. The van der Waals surface area contributed by atoms with Crippen LogP contribution in [0, 0.1) is 0 Å². The molecular formula is C17H28O2. The van der Waals surface area contributed by atoms with Gasteiger partial charge in [0.2, 0.25) is 0 Å². The van der Waals surface area contributed by atoms with Gasteiger partial charge < -0.3 is 10.2 Å². The van der Waals surface area contributed by atoms with E-state index >= 15 is 0 Å². The first kappa shape index (κ1) is 16.2. The lowest BCUT2D eigenvalue weighted by atomic mass is 9.89. The molecule has 0 saturated heterocycles. The third-order valence-corrected chi connectivity index (χ3v) is 4.13. The molecule has 1 aromatic rings. The van der Waals surface area contributed by atoms with E-state index in [9.17, 15) is 10.2 Å². The van der Waals surface area contributed by atoms with Crippen LogP contribution in [-0.2, 0) is 12.8 Å². The molecule has 2 nitrogen and oxygen atoms in total. The Morgan fingerprint density at radius 1 is 1.11 bits per heavy atom. The summed E-state index contributed by atoms with van der Waals surface area (Å²) in [7, 11) is 0. The van der Waals surface area contributed by atoms with Crippen LogP contribution in [0.2, 0.25) is 0 Å². The quantitative estimate of drug-likeness (QED) is 0.754. The molecule has 1 aromatic carbocycles. The zero-order chi connectivity index (χ0) is 14.3. The van der Waals surface area contributed by atoms with Crippen LogP contribution in [0.4, 0.5) is 0 Å². The maximum absolute atomic E-state index is 10.3. The fraction of sp³-hybridized carbons (Fsp3) is 0.647. The minimum atomic E-state index is -0.529. The van der Waals surface area contributed by atoms with E-state index in [0.29, 0.717) is 0 Å². The van der Waals surface area contributed by atoms with Crippen LogP contribution >= 0.6 is 0 Å². The molecule has 1 rings (SSSR count). The van der Waals surface area contributed by atoms with E-state index in [1.165, 1.54) is 11.1 Å². The van der Waals surface area contributed by atoms with Gasteiger partial charge in [0.25, 0.3) is 0 Å². The Morgan fingerprint density at radius 3 is 2.32 bits per heavy atom. The molecule has 0 fully saturated rings. The van der Waals surface area contributed by atoms with Gasteiger partial charge in [0.1, 0.15) is 0 Å². The Bertz CT molecular complexity index is 369. The first-order chi connectivity index (χ1) is 9.03. The summed E-state index contributed by atoms with van der Waals surface area (Å²) in [5.74, 6) is 0. The standard InChI is InChI=1S/C17H28O2/c1-4-16(18)13-15-9-7-8-14(12-15)10-11-17(19,5-2)6-3/h7-9,12,16,18-19H,4-6,10-11,13H2,1-3H3. The average Bonchev–Trinajstić information content (AvgIpc) is 2.45. The number of rotatable bonds is 8. The Labute approximate surface area is 117 Å². The fourth-order valence-electron chi connectivity index (χ4n) is 2.31. The van der Waals surface area contributed by atoms with E-state index in [4.69, 9.17) is 0 Å². The van der Waals surface area contributed by atoms with E-state index < -0.39 is 5.60 Å². The van der Waals surface area contributed by atoms with Gasteiger partial charge in [-0.15, -0.1) is 0 Å².